The number of unbranched alkanes of at least 4 members (excludes halogenated alkanes) is 2. The maximum absolute atomic E-state index is 11.9. The molecule has 0 spiro atoms. The zero-order valence-corrected chi connectivity index (χ0v) is 13.3. The third-order valence-electron chi connectivity index (χ3n) is 3.44. The summed E-state index contributed by atoms with van der Waals surface area (Å²) in [6, 6.07) is -0.944. The van der Waals surface area contributed by atoms with Gasteiger partial charge in [0.2, 0.25) is 11.8 Å². The lowest BCUT2D eigenvalue weighted by atomic mass is 10.1. The van der Waals surface area contributed by atoms with Crippen molar-refractivity contribution in [2.75, 3.05) is 12.8 Å². The first-order valence-electron chi connectivity index (χ1n) is 7.05. The topological polar surface area (TPSA) is 139 Å². The number of rotatable bonds is 9. The fourth-order valence-electron chi connectivity index (χ4n) is 2.28. The van der Waals surface area contributed by atoms with Crippen molar-refractivity contribution >= 4 is 35.5 Å². The van der Waals surface area contributed by atoms with Gasteiger partial charge in [0.15, 0.2) is 12.0 Å². The number of imide groups is 1. The molecule has 2 unspecified atom stereocenters. The highest BCUT2D eigenvalue weighted by Crippen LogP contribution is 2.23. The van der Waals surface area contributed by atoms with Crippen LogP contribution in [0.4, 0.5) is 0 Å². The van der Waals surface area contributed by atoms with Gasteiger partial charge in [-0.15, -0.1) is 0 Å². The van der Waals surface area contributed by atoms with Crippen molar-refractivity contribution in [2.24, 2.45) is 16.5 Å². The Kier molecular flexibility index (Phi) is 7.16. The number of thioether (sulfide) groups is 1. The molecule has 0 aliphatic carbocycles. The van der Waals surface area contributed by atoms with Crippen LogP contribution < -0.4 is 11.5 Å². The van der Waals surface area contributed by atoms with Crippen molar-refractivity contribution in [2.45, 2.75) is 43.4 Å². The van der Waals surface area contributed by atoms with E-state index in [-0.39, 0.29) is 29.4 Å². The molecular formula is C13H22N4O4S. The van der Waals surface area contributed by atoms with Gasteiger partial charge in [-0.2, -0.15) is 11.8 Å². The fourth-order valence-corrected chi connectivity index (χ4v) is 2.92. The molecule has 0 aromatic heterocycles. The molecule has 0 aromatic carbocycles. The smallest absolute Gasteiger partial charge is 0.328 e. The first-order valence-corrected chi connectivity index (χ1v) is 8.34. The summed E-state index contributed by atoms with van der Waals surface area (Å²) >= 11 is 1.39. The largest absolute Gasteiger partial charge is 0.480 e. The molecule has 1 heterocycles. The Bertz CT molecular complexity index is 465. The minimum atomic E-state index is -1.07. The molecule has 9 heteroatoms. The number of carboxylic acids is 1. The predicted molar refractivity (Wildman–Crippen MR) is 84.3 cm³/mol. The van der Waals surface area contributed by atoms with Crippen LogP contribution in [0.1, 0.15) is 32.1 Å². The SMILES string of the molecule is CSC1CC(=O)N(CCCCCC(N=C(N)N)C(=O)O)C1=O. The lowest BCUT2D eigenvalue weighted by Gasteiger charge is -2.14. The summed E-state index contributed by atoms with van der Waals surface area (Å²) in [5.41, 5.74) is 10.4. The van der Waals surface area contributed by atoms with Crippen molar-refractivity contribution in [1.29, 1.82) is 0 Å². The first-order chi connectivity index (χ1) is 10.4. The van der Waals surface area contributed by atoms with Gasteiger partial charge in [0.25, 0.3) is 0 Å². The summed E-state index contributed by atoms with van der Waals surface area (Å²) in [6.07, 6.45) is 4.36. The minimum Gasteiger partial charge on any atom is -0.480 e. The molecule has 2 amide bonds. The van der Waals surface area contributed by atoms with Gasteiger partial charge < -0.3 is 16.6 Å². The summed E-state index contributed by atoms with van der Waals surface area (Å²) in [5, 5.41) is 8.70. The van der Waals surface area contributed by atoms with Gasteiger partial charge in [0.1, 0.15) is 0 Å². The van der Waals surface area contributed by atoms with Crippen LogP contribution in [0.2, 0.25) is 0 Å². The summed E-state index contributed by atoms with van der Waals surface area (Å²) in [5.74, 6) is -1.57. The number of carbonyl (C=O) groups is 3. The molecule has 1 saturated heterocycles. The van der Waals surface area contributed by atoms with Crippen molar-refractivity contribution < 1.29 is 19.5 Å². The Balaban J connectivity index is 2.31. The van der Waals surface area contributed by atoms with E-state index < -0.39 is 12.0 Å². The lowest BCUT2D eigenvalue weighted by Crippen LogP contribution is -2.32. The number of amides is 2. The number of carboxylic acid groups (broad SMARTS) is 1. The van der Waals surface area contributed by atoms with E-state index in [1.807, 2.05) is 6.26 Å². The van der Waals surface area contributed by atoms with Crippen LogP contribution in [0.5, 0.6) is 0 Å². The summed E-state index contributed by atoms with van der Waals surface area (Å²) < 4.78 is 0. The van der Waals surface area contributed by atoms with Gasteiger partial charge in [-0.25, -0.2) is 9.79 Å². The Morgan fingerprint density at radius 3 is 2.59 bits per heavy atom. The Morgan fingerprint density at radius 1 is 1.41 bits per heavy atom. The number of likely N-dealkylation sites (tertiary alicyclic amines) is 1. The molecule has 0 aromatic rings. The van der Waals surface area contributed by atoms with Crippen molar-refractivity contribution in [3.05, 3.63) is 0 Å². The average molecular weight is 330 g/mol. The molecule has 1 rings (SSSR count). The van der Waals surface area contributed by atoms with Crippen LogP contribution in [0, 0.1) is 0 Å². The lowest BCUT2D eigenvalue weighted by molar-refractivity contribution is -0.139. The molecule has 8 nitrogen and oxygen atoms in total. The summed E-state index contributed by atoms with van der Waals surface area (Å²) in [7, 11) is 0. The molecule has 22 heavy (non-hydrogen) atoms. The average Bonchev–Trinajstić information content (AvgIpc) is 2.71. The highest BCUT2D eigenvalue weighted by Gasteiger charge is 2.37. The predicted octanol–water partition coefficient (Wildman–Crippen LogP) is -0.236. The van der Waals surface area contributed by atoms with Crippen LogP contribution in [0.15, 0.2) is 4.99 Å². The quantitative estimate of drug-likeness (QED) is 0.229. The van der Waals surface area contributed by atoms with Gasteiger partial charge in [0.05, 0.1) is 5.25 Å². The Hall–Kier alpha value is -1.77. The monoisotopic (exact) mass is 330 g/mol. The summed E-state index contributed by atoms with van der Waals surface area (Å²) in [4.78, 5) is 39.5. The molecule has 5 N–H and O–H groups in total. The van der Waals surface area contributed by atoms with E-state index in [0.717, 1.165) is 0 Å². The van der Waals surface area contributed by atoms with Gasteiger partial charge in [-0.1, -0.05) is 12.8 Å². The van der Waals surface area contributed by atoms with E-state index in [1.54, 1.807) is 0 Å². The van der Waals surface area contributed by atoms with Crippen LogP contribution >= 0.6 is 11.8 Å². The zero-order valence-electron chi connectivity index (χ0n) is 12.5. The first kappa shape index (κ1) is 18.3. The van der Waals surface area contributed by atoms with Crippen LogP contribution in [-0.2, 0) is 14.4 Å². The maximum atomic E-state index is 11.9. The number of hydrogen-bond acceptors (Lipinski definition) is 5. The molecule has 0 radical (unpaired) electrons. The number of nitrogens with zero attached hydrogens (tertiary/aromatic N) is 2. The summed E-state index contributed by atoms with van der Waals surface area (Å²) in [6.45, 7) is 0.384. The standard InChI is InChI=1S/C13H22N4O4S/c1-22-9-7-10(18)17(11(9)19)6-4-2-3-5-8(12(20)21)16-13(14)15/h8-9H,2-7H2,1H3,(H,20,21)(H4,14,15,16). The molecule has 124 valence electrons. The highest BCUT2D eigenvalue weighted by molar-refractivity contribution is 8.00. The third kappa shape index (κ3) is 5.21. The van der Waals surface area contributed by atoms with E-state index in [1.165, 1.54) is 16.7 Å². The molecular weight excluding hydrogens is 308 g/mol. The number of aliphatic carboxylic acids is 1. The van der Waals surface area contributed by atoms with E-state index in [0.29, 0.717) is 32.2 Å². The van der Waals surface area contributed by atoms with E-state index in [9.17, 15) is 14.4 Å². The maximum Gasteiger partial charge on any atom is 0.328 e. The normalized spacial score (nSPS) is 19.3. The van der Waals surface area contributed by atoms with Crippen LogP contribution in [-0.4, -0.2) is 57.8 Å². The van der Waals surface area contributed by atoms with E-state index >= 15 is 0 Å². The highest BCUT2D eigenvalue weighted by atomic mass is 32.2. The number of guanidine groups is 1. The van der Waals surface area contributed by atoms with Crippen molar-refractivity contribution in [3.63, 3.8) is 0 Å². The second-order valence-corrected chi connectivity index (χ2v) is 6.11. The van der Waals surface area contributed by atoms with Crippen LogP contribution in [0.3, 0.4) is 0 Å². The van der Waals surface area contributed by atoms with Gasteiger partial charge in [-0.05, 0) is 19.1 Å². The third-order valence-corrected chi connectivity index (χ3v) is 4.37. The second kappa shape index (κ2) is 8.62. The van der Waals surface area contributed by atoms with E-state index in [4.69, 9.17) is 16.6 Å². The molecule has 1 aliphatic rings. The van der Waals surface area contributed by atoms with Crippen molar-refractivity contribution in [1.82, 2.24) is 4.90 Å². The minimum absolute atomic E-state index is 0.124. The molecule has 0 saturated carbocycles. The Morgan fingerprint density at radius 2 is 2.09 bits per heavy atom. The number of aliphatic imine (C=N–C) groups is 1. The molecule has 2 atom stereocenters. The number of hydrogen-bond donors (Lipinski definition) is 3. The fraction of sp³-hybridized carbons (Fsp3) is 0.692. The zero-order chi connectivity index (χ0) is 16.7. The van der Waals surface area contributed by atoms with Crippen molar-refractivity contribution in [3.8, 4) is 0 Å². The Labute approximate surface area is 133 Å². The molecule has 1 fully saturated rings. The van der Waals surface area contributed by atoms with E-state index in [2.05, 4.69) is 4.99 Å². The number of nitrogens with two attached hydrogens (primary N) is 2. The van der Waals surface area contributed by atoms with Crippen LogP contribution in [0.25, 0.3) is 0 Å². The number of carbonyl (C=O) groups excluding carboxylic acids is 2. The van der Waals surface area contributed by atoms with Gasteiger partial charge in [-0.3, -0.25) is 14.5 Å². The molecule has 1 aliphatic heterocycles. The van der Waals surface area contributed by atoms with Gasteiger partial charge in [0, 0.05) is 13.0 Å². The van der Waals surface area contributed by atoms with Gasteiger partial charge >= 0.3 is 5.97 Å². The second-order valence-electron chi connectivity index (χ2n) is 5.07. The molecule has 0 bridgehead atoms.